The molecule has 0 aliphatic rings. The molecule has 0 aliphatic carbocycles. The van der Waals surface area contributed by atoms with Gasteiger partial charge in [-0.05, 0) is 41.3 Å². The van der Waals surface area contributed by atoms with Gasteiger partial charge in [-0.2, -0.15) is 13.2 Å². The van der Waals surface area contributed by atoms with Crippen LogP contribution in [0.4, 0.5) is 18.9 Å². The van der Waals surface area contributed by atoms with E-state index in [0.29, 0.717) is 5.92 Å². The van der Waals surface area contributed by atoms with E-state index in [9.17, 15) is 18.0 Å². The number of carbonyl (C=O) groups excluding carboxylic acids is 1. The molecule has 2 nitrogen and oxygen atoms in total. The van der Waals surface area contributed by atoms with E-state index in [-0.39, 0.29) is 10.7 Å². The summed E-state index contributed by atoms with van der Waals surface area (Å²) >= 11 is 5.80. The van der Waals surface area contributed by atoms with Gasteiger partial charge in [0, 0.05) is 6.08 Å². The van der Waals surface area contributed by atoms with Crippen molar-refractivity contribution in [2.75, 3.05) is 5.32 Å². The van der Waals surface area contributed by atoms with Crippen molar-refractivity contribution in [3.05, 3.63) is 70.3 Å². The van der Waals surface area contributed by atoms with Gasteiger partial charge in [-0.25, -0.2) is 0 Å². The number of hydrogen-bond acceptors (Lipinski definition) is 1. The second kappa shape index (κ2) is 7.74. The molecule has 0 fully saturated rings. The first-order valence-corrected chi connectivity index (χ1v) is 8.00. The average Bonchev–Trinajstić information content (AvgIpc) is 2.54. The van der Waals surface area contributed by atoms with Crippen molar-refractivity contribution in [1.29, 1.82) is 0 Å². The van der Waals surface area contributed by atoms with Crippen LogP contribution in [0.15, 0.2) is 48.5 Å². The summed E-state index contributed by atoms with van der Waals surface area (Å²) in [6.07, 6.45) is -1.55. The second-order valence-electron chi connectivity index (χ2n) is 5.84. The highest BCUT2D eigenvalue weighted by Gasteiger charge is 2.30. The van der Waals surface area contributed by atoms with Crippen LogP contribution < -0.4 is 5.32 Å². The number of alkyl halides is 3. The Morgan fingerprint density at radius 2 is 1.76 bits per heavy atom. The van der Waals surface area contributed by atoms with Crippen LogP contribution in [-0.2, 0) is 11.0 Å². The molecule has 2 aromatic carbocycles. The zero-order chi connectivity index (χ0) is 18.6. The predicted molar refractivity (Wildman–Crippen MR) is 94.6 cm³/mol. The molecule has 25 heavy (non-hydrogen) atoms. The molecular weight excluding hydrogens is 351 g/mol. The number of hydrogen-bond donors (Lipinski definition) is 1. The number of anilines is 1. The van der Waals surface area contributed by atoms with E-state index in [0.717, 1.165) is 23.8 Å². The van der Waals surface area contributed by atoms with E-state index < -0.39 is 17.6 Å². The van der Waals surface area contributed by atoms with E-state index in [1.807, 2.05) is 24.3 Å². The van der Waals surface area contributed by atoms with Gasteiger partial charge in [0.25, 0.3) is 0 Å². The number of rotatable bonds is 4. The zero-order valence-corrected chi connectivity index (χ0v) is 14.4. The Labute approximate surface area is 149 Å². The predicted octanol–water partition coefficient (Wildman–Crippen LogP) is 6.13. The number of amides is 1. The third-order valence-corrected chi connectivity index (χ3v) is 3.90. The molecule has 0 atom stereocenters. The number of benzene rings is 2. The molecule has 0 saturated heterocycles. The minimum Gasteiger partial charge on any atom is -0.321 e. The van der Waals surface area contributed by atoms with Gasteiger partial charge in [-0.3, -0.25) is 4.79 Å². The van der Waals surface area contributed by atoms with Crippen molar-refractivity contribution in [1.82, 2.24) is 0 Å². The zero-order valence-electron chi connectivity index (χ0n) is 13.7. The van der Waals surface area contributed by atoms with Crippen LogP contribution in [-0.4, -0.2) is 5.91 Å². The third kappa shape index (κ3) is 5.36. The molecule has 0 spiro atoms. The summed E-state index contributed by atoms with van der Waals surface area (Å²) in [5, 5.41) is 2.30. The second-order valence-corrected chi connectivity index (χ2v) is 6.24. The van der Waals surface area contributed by atoms with Crippen molar-refractivity contribution in [2.45, 2.75) is 25.9 Å². The van der Waals surface area contributed by atoms with E-state index in [2.05, 4.69) is 19.2 Å². The first kappa shape index (κ1) is 19.1. The SMILES string of the molecule is CC(C)c1ccc(/C=C/C(=O)Nc2ccc(C(F)(F)F)cc2Cl)cc1. The summed E-state index contributed by atoms with van der Waals surface area (Å²) in [6, 6.07) is 10.5. The fourth-order valence-electron chi connectivity index (χ4n) is 2.13. The fourth-order valence-corrected chi connectivity index (χ4v) is 2.36. The van der Waals surface area contributed by atoms with Crippen molar-refractivity contribution in [2.24, 2.45) is 0 Å². The molecule has 0 saturated carbocycles. The van der Waals surface area contributed by atoms with Crippen LogP contribution in [0, 0.1) is 0 Å². The van der Waals surface area contributed by atoms with Gasteiger partial charge < -0.3 is 5.32 Å². The summed E-state index contributed by atoms with van der Waals surface area (Å²) in [4.78, 5) is 11.9. The fraction of sp³-hybridized carbons (Fsp3) is 0.211. The van der Waals surface area contributed by atoms with Crippen LogP contribution >= 0.6 is 11.6 Å². The standard InChI is InChI=1S/C19H17ClF3NO/c1-12(2)14-6-3-13(4-7-14)5-10-18(25)24-17-9-8-15(11-16(17)20)19(21,22)23/h3-12H,1-2H3,(H,24,25)/b10-5+. The highest BCUT2D eigenvalue weighted by Crippen LogP contribution is 2.33. The maximum atomic E-state index is 12.6. The molecule has 132 valence electrons. The minimum atomic E-state index is -4.48. The van der Waals surface area contributed by atoms with Crippen molar-refractivity contribution in [3.8, 4) is 0 Å². The van der Waals surface area contributed by atoms with Gasteiger partial charge in [0.2, 0.25) is 5.91 Å². The molecule has 0 unspecified atom stereocenters. The summed E-state index contributed by atoms with van der Waals surface area (Å²) in [5.41, 5.74) is 1.30. The molecule has 0 aliphatic heterocycles. The Kier molecular flexibility index (Phi) is 5.90. The van der Waals surface area contributed by atoms with Gasteiger partial charge in [-0.1, -0.05) is 49.7 Å². The van der Waals surface area contributed by atoms with E-state index in [1.54, 1.807) is 6.08 Å². The van der Waals surface area contributed by atoms with Crippen LogP contribution in [0.3, 0.4) is 0 Å². The van der Waals surface area contributed by atoms with E-state index in [1.165, 1.54) is 11.6 Å². The lowest BCUT2D eigenvalue weighted by molar-refractivity contribution is -0.137. The quantitative estimate of drug-likeness (QED) is 0.646. The normalized spacial score (nSPS) is 12.0. The van der Waals surface area contributed by atoms with E-state index >= 15 is 0 Å². The summed E-state index contributed by atoms with van der Waals surface area (Å²) in [5.74, 6) is -0.0577. The van der Waals surface area contributed by atoms with Gasteiger partial charge >= 0.3 is 6.18 Å². The Morgan fingerprint density at radius 1 is 1.12 bits per heavy atom. The van der Waals surface area contributed by atoms with E-state index in [4.69, 9.17) is 11.6 Å². The lowest BCUT2D eigenvalue weighted by atomic mass is 10.0. The Bertz CT molecular complexity index is 780. The van der Waals surface area contributed by atoms with Crippen LogP contribution in [0.5, 0.6) is 0 Å². The monoisotopic (exact) mass is 367 g/mol. The molecule has 2 aromatic rings. The van der Waals surface area contributed by atoms with Gasteiger partial charge in [0.1, 0.15) is 0 Å². The largest absolute Gasteiger partial charge is 0.416 e. The maximum absolute atomic E-state index is 12.6. The molecule has 1 amide bonds. The van der Waals surface area contributed by atoms with Crippen LogP contribution in [0.1, 0.15) is 36.5 Å². The molecule has 0 aromatic heterocycles. The third-order valence-electron chi connectivity index (χ3n) is 3.58. The average molecular weight is 368 g/mol. The van der Waals surface area contributed by atoms with Gasteiger partial charge in [-0.15, -0.1) is 0 Å². The molecule has 0 heterocycles. The highest BCUT2D eigenvalue weighted by atomic mass is 35.5. The smallest absolute Gasteiger partial charge is 0.321 e. The molecule has 1 N–H and O–H groups in total. The van der Waals surface area contributed by atoms with Crippen molar-refractivity contribution < 1.29 is 18.0 Å². The van der Waals surface area contributed by atoms with Gasteiger partial charge in [0.15, 0.2) is 0 Å². The van der Waals surface area contributed by atoms with Crippen molar-refractivity contribution in [3.63, 3.8) is 0 Å². The molecule has 6 heteroatoms. The number of carbonyl (C=O) groups is 1. The number of halogens is 4. The molecular formula is C19H17ClF3NO. The van der Waals surface area contributed by atoms with Crippen LogP contribution in [0.2, 0.25) is 5.02 Å². The Morgan fingerprint density at radius 3 is 2.28 bits per heavy atom. The minimum absolute atomic E-state index is 0.125. The first-order valence-electron chi connectivity index (χ1n) is 7.62. The Balaban J connectivity index is 2.04. The maximum Gasteiger partial charge on any atom is 0.416 e. The summed E-state index contributed by atoms with van der Waals surface area (Å²) in [7, 11) is 0. The Hall–Kier alpha value is -2.27. The molecule has 2 rings (SSSR count). The topological polar surface area (TPSA) is 29.1 Å². The van der Waals surface area contributed by atoms with Crippen LogP contribution in [0.25, 0.3) is 6.08 Å². The van der Waals surface area contributed by atoms with Gasteiger partial charge in [0.05, 0.1) is 16.3 Å². The lowest BCUT2D eigenvalue weighted by Gasteiger charge is -2.10. The highest BCUT2D eigenvalue weighted by molar-refractivity contribution is 6.34. The molecule has 0 bridgehead atoms. The first-order chi connectivity index (χ1) is 11.7. The number of nitrogens with one attached hydrogen (secondary N) is 1. The lowest BCUT2D eigenvalue weighted by Crippen LogP contribution is -2.10. The van der Waals surface area contributed by atoms with Crippen molar-refractivity contribution >= 4 is 29.3 Å². The molecule has 0 radical (unpaired) electrons. The summed E-state index contributed by atoms with van der Waals surface area (Å²) < 4.78 is 37.8. The summed E-state index contributed by atoms with van der Waals surface area (Å²) in [6.45, 7) is 4.18.